The Morgan fingerprint density at radius 2 is 0.943 bits per heavy atom. The van der Waals surface area contributed by atoms with E-state index in [0.717, 1.165) is 16.3 Å². The number of phenols is 1. The number of phenolic OH excluding ortho intramolecular Hbond substituents is 1. The molecule has 0 saturated heterocycles. The molecule has 0 unspecified atom stereocenters. The molecule has 0 fully saturated rings. The van der Waals surface area contributed by atoms with Crippen LogP contribution in [0.15, 0.2) is 127 Å². The fourth-order valence-electron chi connectivity index (χ4n) is 5.55. The highest BCUT2D eigenvalue weighted by atomic mass is 16.3. The van der Waals surface area contributed by atoms with Gasteiger partial charge in [-0.1, -0.05) is 109 Å². The maximum absolute atomic E-state index is 10.3. The normalized spacial score (nSPS) is 11.5. The van der Waals surface area contributed by atoms with Gasteiger partial charge in [-0.05, 0) is 83.5 Å². The molecule has 0 spiro atoms. The number of hydrogen-bond donors (Lipinski definition) is 1. The van der Waals surface area contributed by atoms with Crippen LogP contribution in [0.4, 0.5) is 0 Å². The lowest BCUT2D eigenvalue weighted by Gasteiger charge is -2.19. The first-order valence-electron chi connectivity index (χ1n) is 11.9. The Kier molecular flexibility index (Phi) is 4.37. The zero-order valence-electron chi connectivity index (χ0n) is 19.1. The van der Waals surface area contributed by atoms with Gasteiger partial charge in [-0.15, -0.1) is 0 Å². The highest BCUT2D eigenvalue weighted by molar-refractivity contribution is 6.23. The van der Waals surface area contributed by atoms with Crippen molar-refractivity contribution >= 4 is 43.1 Å². The minimum absolute atomic E-state index is 0.284. The van der Waals surface area contributed by atoms with E-state index in [1.54, 1.807) is 6.07 Å². The van der Waals surface area contributed by atoms with Crippen molar-refractivity contribution in [1.29, 1.82) is 0 Å². The van der Waals surface area contributed by atoms with Crippen LogP contribution in [0.2, 0.25) is 0 Å². The summed E-state index contributed by atoms with van der Waals surface area (Å²) in [6.07, 6.45) is 0. The highest BCUT2D eigenvalue weighted by Gasteiger charge is 2.18. The molecule has 0 aromatic heterocycles. The molecule has 7 aromatic rings. The van der Waals surface area contributed by atoms with Crippen LogP contribution in [-0.2, 0) is 0 Å². The van der Waals surface area contributed by atoms with Gasteiger partial charge in [-0.3, -0.25) is 0 Å². The molecule has 0 aliphatic rings. The first-order chi connectivity index (χ1) is 17.3. The Balaban J connectivity index is 1.65. The number of benzene rings is 7. The Morgan fingerprint density at radius 1 is 0.371 bits per heavy atom. The Bertz CT molecular complexity index is 1860. The van der Waals surface area contributed by atoms with Crippen LogP contribution < -0.4 is 0 Å². The van der Waals surface area contributed by atoms with Gasteiger partial charge in [0.1, 0.15) is 5.75 Å². The molecule has 0 radical (unpaired) electrons. The van der Waals surface area contributed by atoms with Gasteiger partial charge >= 0.3 is 0 Å². The van der Waals surface area contributed by atoms with Crippen molar-refractivity contribution in [3.8, 4) is 28.0 Å². The van der Waals surface area contributed by atoms with Crippen LogP contribution in [0.1, 0.15) is 0 Å². The lowest BCUT2D eigenvalue weighted by Crippen LogP contribution is -1.91. The van der Waals surface area contributed by atoms with Crippen LogP contribution >= 0.6 is 0 Å². The van der Waals surface area contributed by atoms with Gasteiger partial charge in [0.2, 0.25) is 0 Å². The van der Waals surface area contributed by atoms with Crippen LogP contribution in [0, 0.1) is 0 Å². The Hall–Kier alpha value is -4.62. The summed E-state index contributed by atoms with van der Waals surface area (Å²) in [4.78, 5) is 0. The second-order valence-corrected chi connectivity index (χ2v) is 9.11. The average Bonchev–Trinajstić information content (AvgIpc) is 2.91. The van der Waals surface area contributed by atoms with Gasteiger partial charge in [0.15, 0.2) is 0 Å². The molecule has 1 N–H and O–H groups in total. The van der Waals surface area contributed by atoms with Crippen molar-refractivity contribution in [2.24, 2.45) is 0 Å². The zero-order chi connectivity index (χ0) is 23.4. The number of aromatic hydroxyl groups is 1. The van der Waals surface area contributed by atoms with Gasteiger partial charge < -0.3 is 5.11 Å². The van der Waals surface area contributed by atoms with Gasteiger partial charge in [-0.25, -0.2) is 0 Å². The summed E-state index contributed by atoms with van der Waals surface area (Å²) in [6.45, 7) is 0. The van der Waals surface area contributed by atoms with Crippen molar-refractivity contribution < 1.29 is 5.11 Å². The second kappa shape index (κ2) is 7.72. The fraction of sp³-hybridized carbons (Fsp3) is 0. The summed E-state index contributed by atoms with van der Waals surface area (Å²) >= 11 is 0. The molecule has 0 heterocycles. The smallest absolute Gasteiger partial charge is 0.116 e. The Morgan fingerprint density at radius 3 is 1.66 bits per heavy atom. The molecule has 0 saturated carbocycles. The van der Waals surface area contributed by atoms with Crippen LogP contribution in [0.3, 0.4) is 0 Å². The molecule has 164 valence electrons. The zero-order valence-corrected chi connectivity index (χ0v) is 19.1. The van der Waals surface area contributed by atoms with Gasteiger partial charge in [-0.2, -0.15) is 0 Å². The number of hydrogen-bond acceptors (Lipinski definition) is 1. The molecule has 0 bridgehead atoms. The monoisotopic (exact) mass is 446 g/mol. The standard InChI is InChI=1S/C34H22O/c35-26-19-18-23-10-7-15-31(32(23)21-26)34-29-13-5-3-11-27(29)33(28-12-4-6-14-30(28)34)25-17-16-22-8-1-2-9-24(22)20-25/h1-21,35H. The summed E-state index contributed by atoms with van der Waals surface area (Å²) in [6, 6.07) is 44.7. The molecule has 1 heteroatoms. The summed E-state index contributed by atoms with van der Waals surface area (Å²) in [7, 11) is 0. The van der Waals surface area contributed by atoms with Crippen LogP contribution in [-0.4, -0.2) is 5.11 Å². The maximum Gasteiger partial charge on any atom is 0.116 e. The van der Waals surface area contributed by atoms with E-state index in [1.807, 2.05) is 12.1 Å². The summed E-state index contributed by atoms with van der Waals surface area (Å²) in [5, 5.41) is 19.9. The third-order valence-corrected chi connectivity index (χ3v) is 7.10. The van der Waals surface area contributed by atoms with E-state index >= 15 is 0 Å². The number of rotatable bonds is 2. The summed E-state index contributed by atoms with van der Waals surface area (Å²) < 4.78 is 0. The van der Waals surface area contributed by atoms with Crippen molar-refractivity contribution in [3.05, 3.63) is 127 Å². The molecular weight excluding hydrogens is 424 g/mol. The lowest BCUT2D eigenvalue weighted by atomic mass is 9.84. The SMILES string of the molecule is Oc1ccc2cccc(-c3c4ccccc4c(-c4ccc5ccccc5c4)c4ccccc34)c2c1. The summed E-state index contributed by atoms with van der Waals surface area (Å²) in [5.74, 6) is 0.284. The topological polar surface area (TPSA) is 20.2 Å². The quantitative estimate of drug-likeness (QED) is 0.262. The molecular formula is C34H22O. The predicted octanol–water partition coefficient (Wildman–Crippen LogP) is 9.34. The third-order valence-electron chi connectivity index (χ3n) is 7.10. The molecule has 0 aliphatic carbocycles. The van der Waals surface area contributed by atoms with Gasteiger partial charge in [0.25, 0.3) is 0 Å². The van der Waals surface area contributed by atoms with Crippen LogP contribution in [0.25, 0.3) is 65.3 Å². The third kappa shape index (κ3) is 3.09. The highest BCUT2D eigenvalue weighted by Crippen LogP contribution is 2.45. The van der Waals surface area contributed by atoms with Crippen molar-refractivity contribution in [1.82, 2.24) is 0 Å². The summed E-state index contributed by atoms with van der Waals surface area (Å²) in [5.41, 5.74) is 4.82. The van der Waals surface area contributed by atoms with E-state index in [0.29, 0.717) is 0 Å². The predicted molar refractivity (Wildman–Crippen MR) is 149 cm³/mol. The van der Waals surface area contributed by atoms with E-state index in [9.17, 15) is 5.11 Å². The van der Waals surface area contributed by atoms with E-state index in [4.69, 9.17) is 0 Å². The molecule has 7 aromatic carbocycles. The van der Waals surface area contributed by atoms with Crippen molar-refractivity contribution in [2.45, 2.75) is 0 Å². The van der Waals surface area contributed by atoms with E-state index < -0.39 is 0 Å². The first-order valence-corrected chi connectivity index (χ1v) is 11.9. The van der Waals surface area contributed by atoms with E-state index in [1.165, 1.54) is 49.0 Å². The number of fused-ring (bicyclic) bond motifs is 4. The second-order valence-electron chi connectivity index (χ2n) is 9.11. The van der Waals surface area contributed by atoms with Crippen molar-refractivity contribution in [2.75, 3.05) is 0 Å². The molecule has 35 heavy (non-hydrogen) atoms. The molecule has 0 amide bonds. The van der Waals surface area contributed by atoms with Crippen LogP contribution in [0.5, 0.6) is 5.75 Å². The van der Waals surface area contributed by atoms with E-state index in [2.05, 4.69) is 109 Å². The maximum atomic E-state index is 10.3. The Labute approximate surface area is 203 Å². The molecule has 7 rings (SSSR count). The minimum Gasteiger partial charge on any atom is -0.508 e. The van der Waals surface area contributed by atoms with Crippen molar-refractivity contribution in [3.63, 3.8) is 0 Å². The largest absolute Gasteiger partial charge is 0.508 e. The first kappa shape index (κ1) is 19.8. The fourth-order valence-corrected chi connectivity index (χ4v) is 5.55. The van der Waals surface area contributed by atoms with E-state index in [-0.39, 0.29) is 5.75 Å². The average molecular weight is 447 g/mol. The molecule has 0 atom stereocenters. The lowest BCUT2D eigenvalue weighted by molar-refractivity contribution is 0.476. The van der Waals surface area contributed by atoms with Gasteiger partial charge in [0, 0.05) is 0 Å². The molecule has 0 aliphatic heterocycles. The molecule has 1 nitrogen and oxygen atoms in total. The van der Waals surface area contributed by atoms with Gasteiger partial charge in [0.05, 0.1) is 0 Å². The minimum atomic E-state index is 0.284.